The van der Waals surface area contributed by atoms with Gasteiger partial charge in [0.2, 0.25) is 11.8 Å². The van der Waals surface area contributed by atoms with Crippen LogP contribution >= 0.6 is 0 Å². The summed E-state index contributed by atoms with van der Waals surface area (Å²) in [4.78, 5) is 25.2. The van der Waals surface area contributed by atoms with Gasteiger partial charge in [0.1, 0.15) is 5.82 Å². The maximum atomic E-state index is 13.0. The summed E-state index contributed by atoms with van der Waals surface area (Å²) in [6, 6.07) is 6.00. The number of nitrogens with one attached hydrogen (secondary N) is 1. The Hall–Kier alpha value is -1.91. The highest BCUT2D eigenvalue weighted by molar-refractivity contribution is 5.92. The zero-order valence-electron chi connectivity index (χ0n) is 13.0. The zero-order chi connectivity index (χ0) is 15.9. The summed E-state index contributed by atoms with van der Waals surface area (Å²) in [5.41, 5.74) is 0.611. The van der Waals surface area contributed by atoms with Gasteiger partial charge < -0.3 is 10.2 Å². The Morgan fingerprint density at radius 2 is 1.82 bits per heavy atom. The van der Waals surface area contributed by atoms with Crippen LogP contribution in [0.4, 0.5) is 10.1 Å². The highest BCUT2D eigenvalue weighted by Crippen LogP contribution is 2.18. The third-order valence-corrected chi connectivity index (χ3v) is 4.05. The molecule has 1 N–H and O–H groups in total. The average Bonchev–Trinajstić information content (AvgIpc) is 2.50. The Morgan fingerprint density at radius 1 is 1.18 bits per heavy atom. The summed E-state index contributed by atoms with van der Waals surface area (Å²) in [7, 11) is 0. The van der Waals surface area contributed by atoms with Crippen LogP contribution in [0.2, 0.25) is 0 Å². The van der Waals surface area contributed by atoms with Gasteiger partial charge >= 0.3 is 0 Å². The second-order valence-corrected chi connectivity index (χ2v) is 5.80. The van der Waals surface area contributed by atoms with E-state index in [9.17, 15) is 14.0 Å². The van der Waals surface area contributed by atoms with Gasteiger partial charge in [0.25, 0.3) is 0 Å². The van der Waals surface area contributed by atoms with E-state index in [4.69, 9.17) is 0 Å². The van der Waals surface area contributed by atoms with E-state index in [1.807, 2.05) is 0 Å². The van der Waals surface area contributed by atoms with Crippen molar-refractivity contribution in [1.29, 1.82) is 0 Å². The molecule has 1 aliphatic carbocycles. The fourth-order valence-corrected chi connectivity index (χ4v) is 2.85. The largest absolute Gasteiger partial charge is 0.353 e. The number of amides is 2. The van der Waals surface area contributed by atoms with Crippen molar-refractivity contribution in [3.8, 4) is 0 Å². The Labute approximate surface area is 130 Å². The van der Waals surface area contributed by atoms with Crippen LogP contribution in [-0.4, -0.2) is 24.4 Å². The number of carbonyl (C=O) groups excluding carboxylic acids is 2. The van der Waals surface area contributed by atoms with Crippen molar-refractivity contribution in [2.75, 3.05) is 11.4 Å². The zero-order valence-corrected chi connectivity index (χ0v) is 13.0. The van der Waals surface area contributed by atoms with Crippen LogP contribution in [-0.2, 0) is 9.59 Å². The quantitative estimate of drug-likeness (QED) is 0.909. The van der Waals surface area contributed by atoms with Gasteiger partial charge in [-0.3, -0.25) is 9.59 Å². The van der Waals surface area contributed by atoms with Crippen molar-refractivity contribution < 1.29 is 14.0 Å². The van der Waals surface area contributed by atoms with E-state index in [0.717, 1.165) is 12.8 Å². The van der Waals surface area contributed by atoms with Crippen LogP contribution in [0.1, 0.15) is 45.4 Å². The van der Waals surface area contributed by atoms with E-state index in [1.165, 1.54) is 43.2 Å². The highest BCUT2D eigenvalue weighted by atomic mass is 19.1. The lowest BCUT2D eigenvalue weighted by atomic mass is 9.95. The molecule has 0 heterocycles. The first-order valence-corrected chi connectivity index (χ1v) is 7.89. The van der Waals surface area contributed by atoms with Crippen molar-refractivity contribution in [3.63, 3.8) is 0 Å². The topological polar surface area (TPSA) is 49.4 Å². The fraction of sp³-hybridized carbons (Fsp3) is 0.529. The van der Waals surface area contributed by atoms with E-state index in [0.29, 0.717) is 12.2 Å². The second kappa shape index (κ2) is 7.92. The maximum Gasteiger partial charge on any atom is 0.223 e. The number of hydrogen-bond donors (Lipinski definition) is 1. The van der Waals surface area contributed by atoms with Crippen molar-refractivity contribution in [3.05, 3.63) is 30.1 Å². The van der Waals surface area contributed by atoms with E-state index in [1.54, 1.807) is 12.1 Å². The van der Waals surface area contributed by atoms with Gasteiger partial charge in [-0.15, -0.1) is 0 Å². The molecule has 0 saturated heterocycles. The van der Waals surface area contributed by atoms with Gasteiger partial charge in [-0.05, 0) is 37.1 Å². The molecule has 0 atom stereocenters. The lowest BCUT2D eigenvalue weighted by molar-refractivity contribution is -0.121. The Balaban J connectivity index is 1.87. The van der Waals surface area contributed by atoms with Crippen LogP contribution in [0.5, 0.6) is 0 Å². The Bertz CT molecular complexity index is 510. The average molecular weight is 306 g/mol. The first-order valence-electron chi connectivity index (χ1n) is 7.89. The van der Waals surface area contributed by atoms with E-state index in [-0.39, 0.29) is 30.1 Å². The van der Waals surface area contributed by atoms with Crippen molar-refractivity contribution in [2.24, 2.45) is 0 Å². The molecule has 1 aliphatic rings. The standard InChI is InChI=1S/C17H23FN2O2/c1-13(21)20(16-9-7-14(18)8-10-16)12-11-17(22)19-15-5-3-2-4-6-15/h7-10,15H,2-6,11-12H2,1H3,(H,19,22). The van der Waals surface area contributed by atoms with Crippen LogP contribution in [0.25, 0.3) is 0 Å². The molecular weight excluding hydrogens is 283 g/mol. The second-order valence-electron chi connectivity index (χ2n) is 5.80. The minimum Gasteiger partial charge on any atom is -0.353 e. The lowest BCUT2D eigenvalue weighted by Gasteiger charge is -2.24. The predicted molar refractivity (Wildman–Crippen MR) is 84.1 cm³/mol. The molecule has 0 unspecified atom stereocenters. The molecule has 2 amide bonds. The summed E-state index contributed by atoms with van der Waals surface area (Å²) >= 11 is 0. The van der Waals surface area contributed by atoms with Crippen molar-refractivity contribution in [1.82, 2.24) is 5.32 Å². The molecule has 1 aromatic carbocycles. The van der Waals surface area contributed by atoms with Gasteiger partial charge in [0.05, 0.1) is 0 Å². The highest BCUT2D eigenvalue weighted by Gasteiger charge is 2.17. The van der Waals surface area contributed by atoms with Gasteiger partial charge in [0, 0.05) is 31.6 Å². The molecule has 1 saturated carbocycles. The summed E-state index contributed by atoms with van der Waals surface area (Å²) in [6.07, 6.45) is 5.92. The number of halogens is 1. The molecule has 0 aliphatic heterocycles. The predicted octanol–water partition coefficient (Wildman–Crippen LogP) is 3.02. The molecule has 2 rings (SSSR count). The molecule has 0 bridgehead atoms. The minimum atomic E-state index is -0.345. The molecule has 5 heteroatoms. The van der Waals surface area contributed by atoms with Crippen LogP contribution < -0.4 is 10.2 Å². The van der Waals surface area contributed by atoms with Crippen LogP contribution in [0, 0.1) is 5.82 Å². The minimum absolute atomic E-state index is 0.0275. The third-order valence-electron chi connectivity index (χ3n) is 4.05. The number of hydrogen-bond acceptors (Lipinski definition) is 2. The number of carbonyl (C=O) groups is 2. The number of nitrogens with zero attached hydrogens (tertiary/aromatic N) is 1. The summed E-state index contributed by atoms with van der Waals surface area (Å²) in [6.45, 7) is 1.75. The van der Waals surface area contributed by atoms with Crippen LogP contribution in [0.3, 0.4) is 0 Å². The van der Waals surface area contributed by atoms with Crippen LogP contribution in [0.15, 0.2) is 24.3 Å². The normalized spacial score (nSPS) is 15.4. The number of benzene rings is 1. The molecular formula is C17H23FN2O2. The summed E-state index contributed by atoms with van der Waals surface area (Å²) in [5.74, 6) is -0.528. The Morgan fingerprint density at radius 3 is 2.41 bits per heavy atom. The van der Waals surface area contributed by atoms with E-state index >= 15 is 0 Å². The molecule has 1 fully saturated rings. The van der Waals surface area contributed by atoms with Gasteiger partial charge in [-0.1, -0.05) is 19.3 Å². The first-order chi connectivity index (χ1) is 10.6. The molecule has 0 radical (unpaired) electrons. The molecule has 22 heavy (non-hydrogen) atoms. The first kappa shape index (κ1) is 16.5. The lowest BCUT2D eigenvalue weighted by Crippen LogP contribution is -2.39. The van der Waals surface area contributed by atoms with E-state index < -0.39 is 0 Å². The smallest absolute Gasteiger partial charge is 0.223 e. The van der Waals surface area contributed by atoms with Gasteiger partial charge in [-0.25, -0.2) is 4.39 Å². The molecule has 0 aromatic heterocycles. The molecule has 120 valence electrons. The fourth-order valence-electron chi connectivity index (χ4n) is 2.85. The molecule has 1 aromatic rings. The molecule has 4 nitrogen and oxygen atoms in total. The number of rotatable bonds is 5. The van der Waals surface area contributed by atoms with Gasteiger partial charge in [-0.2, -0.15) is 0 Å². The van der Waals surface area contributed by atoms with E-state index in [2.05, 4.69) is 5.32 Å². The van der Waals surface area contributed by atoms with Gasteiger partial charge in [0.15, 0.2) is 0 Å². The maximum absolute atomic E-state index is 13.0. The monoisotopic (exact) mass is 306 g/mol. The summed E-state index contributed by atoms with van der Waals surface area (Å²) < 4.78 is 13.0. The third kappa shape index (κ3) is 4.83. The summed E-state index contributed by atoms with van der Waals surface area (Å²) in [5, 5.41) is 3.04. The Kier molecular flexibility index (Phi) is 5.92. The van der Waals surface area contributed by atoms with Crippen molar-refractivity contribution >= 4 is 17.5 Å². The number of anilines is 1. The SMILES string of the molecule is CC(=O)N(CCC(=O)NC1CCCCC1)c1ccc(F)cc1. The van der Waals surface area contributed by atoms with Crippen molar-refractivity contribution in [2.45, 2.75) is 51.5 Å². The molecule has 0 spiro atoms.